The first-order valence-corrected chi connectivity index (χ1v) is 7.91. The van der Waals surface area contributed by atoms with Crippen molar-refractivity contribution in [2.75, 3.05) is 24.6 Å². The van der Waals surface area contributed by atoms with Gasteiger partial charge >= 0.3 is 0 Å². The van der Waals surface area contributed by atoms with Gasteiger partial charge in [0.1, 0.15) is 0 Å². The lowest BCUT2D eigenvalue weighted by molar-refractivity contribution is -0.120. The van der Waals surface area contributed by atoms with Crippen LogP contribution >= 0.6 is 11.6 Å². The Bertz CT molecular complexity index is 500. The Morgan fingerprint density at radius 1 is 1.48 bits per heavy atom. The lowest BCUT2D eigenvalue weighted by Gasteiger charge is -2.26. The van der Waals surface area contributed by atoms with Gasteiger partial charge in [-0.1, -0.05) is 24.4 Å². The number of hydrogen-bond acceptors (Lipinski definition) is 3. The fourth-order valence-electron chi connectivity index (χ4n) is 2.83. The average Bonchev–Trinajstić information content (AvgIpc) is 2.94. The SMILES string of the molecule is CC(C(=O)Nc1cc(Cl)ccc1N)N(C)CC1CCCC1. The summed E-state index contributed by atoms with van der Waals surface area (Å²) in [6, 6.07) is 4.90. The quantitative estimate of drug-likeness (QED) is 0.820. The molecule has 0 bridgehead atoms. The molecule has 0 saturated heterocycles. The van der Waals surface area contributed by atoms with E-state index in [1.807, 2.05) is 14.0 Å². The molecule has 116 valence electrons. The molecule has 5 heteroatoms. The summed E-state index contributed by atoms with van der Waals surface area (Å²) in [7, 11) is 2.00. The second kappa shape index (κ2) is 7.14. The van der Waals surface area contributed by atoms with Crippen molar-refractivity contribution in [2.45, 2.75) is 38.6 Å². The van der Waals surface area contributed by atoms with Crippen LogP contribution in [0.15, 0.2) is 18.2 Å². The Morgan fingerprint density at radius 2 is 2.14 bits per heavy atom. The minimum Gasteiger partial charge on any atom is -0.397 e. The van der Waals surface area contributed by atoms with Gasteiger partial charge in [-0.15, -0.1) is 0 Å². The summed E-state index contributed by atoms with van der Waals surface area (Å²) in [5.41, 5.74) is 6.96. The fourth-order valence-corrected chi connectivity index (χ4v) is 3.00. The molecule has 0 spiro atoms. The molecule has 1 aliphatic rings. The maximum Gasteiger partial charge on any atom is 0.241 e. The lowest BCUT2D eigenvalue weighted by atomic mass is 10.1. The molecule has 1 fully saturated rings. The van der Waals surface area contributed by atoms with E-state index in [-0.39, 0.29) is 11.9 Å². The number of carbonyl (C=O) groups is 1. The van der Waals surface area contributed by atoms with Gasteiger partial charge in [-0.2, -0.15) is 0 Å². The van der Waals surface area contributed by atoms with Gasteiger partial charge in [-0.25, -0.2) is 0 Å². The van der Waals surface area contributed by atoms with Crippen LogP contribution in [0.4, 0.5) is 11.4 Å². The number of amides is 1. The van der Waals surface area contributed by atoms with Crippen molar-refractivity contribution in [2.24, 2.45) is 5.92 Å². The largest absolute Gasteiger partial charge is 0.397 e. The van der Waals surface area contributed by atoms with Crippen LogP contribution in [-0.2, 0) is 4.79 Å². The highest BCUT2D eigenvalue weighted by atomic mass is 35.5. The van der Waals surface area contributed by atoms with Crippen LogP contribution in [0.25, 0.3) is 0 Å². The highest BCUT2D eigenvalue weighted by molar-refractivity contribution is 6.31. The van der Waals surface area contributed by atoms with Gasteiger partial charge in [0.25, 0.3) is 0 Å². The second-order valence-electron chi connectivity index (χ2n) is 5.99. The first-order valence-electron chi connectivity index (χ1n) is 7.53. The summed E-state index contributed by atoms with van der Waals surface area (Å²) in [6.45, 7) is 2.89. The molecule has 4 nitrogen and oxygen atoms in total. The molecule has 2 rings (SSSR count). The molecule has 1 aromatic rings. The monoisotopic (exact) mass is 309 g/mol. The van der Waals surface area contributed by atoms with E-state index in [1.165, 1.54) is 25.7 Å². The third-order valence-electron chi connectivity index (χ3n) is 4.33. The molecule has 0 heterocycles. The van der Waals surface area contributed by atoms with Crippen LogP contribution in [0, 0.1) is 5.92 Å². The minimum atomic E-state index is -0.191. The van der Waals surface area contributed by atoms with Crippen LogP contribution in [0.3, 0.4) is 0 Å². The van der Waals surface area contributed by atoms with Crippen molar-refractivity contribution >= 4 is 28.9 Å². The van der Waals surface area contributed by atoms with Crippen LogP contribution in [0.5, 0.6) is 0 Å². The Morgan fingerprint density at radius 3 is 2.81 bits per heavy atom. The zero-order chi connectivity index (χ0) is 15.4. The van der Waals surface area contributed by atoms with E-state index in [9.17, 15) is 4.79 Å². The van der Waals surface area contributed by atoms with Crippen LogP contribution < -0.4 is 11.1 Å². The number of nitrogens with two attached hydrogens (primary N) is 1. The molecule has 0 aliphatic heterocycles. The van der Waals surface area contributed by atoms with Gasteiger partial charge in [0.2, 0.25) is 5.91 Å². The highest BCUT2D eigenvalue weighted by Crippen LogP contribution is 2.26. The summed E-state index contributed by atoms with van der Waals surface area (Å²) in [6.07, 6.45) is 5.19. The number of hydrogen-bond donors (Lipinski definition) is 2. The van der Waals surface area contributed by atoms with Crippen molar-refractivity contribution in [3.05, 3.63) is 23.2 Å². The number of rotatable bonds is 5. The van der Waals surface area contributed by atoms with E-state index in [0.717, 1.165) is 12.5 Å². The lowest BCUT2D eigenvalue weighted by Crippen LogP contribution is -2.41. The second-order valence-corrected chi connectivity index (χ2v) is 6.42. The average molecular weight is 310 g/mol. The third kappa shape index (κ3) is 4.35. The fraction of sp³-hybridized carbons (Fsp3) is 0.562. The highest BCUT2D eigenvalue weighted by Gasteiger charge is 2.23. The number of nitrogens with zero attached hydrogens (tertiary/aromatic N) is 1. The predicted molar refractivity (Wildman–Crippen MR) is 88.5 cm³/mol. The maximum atomic E-state index is 12.3. The van der Waals surface area contributed by atoms with Gasteiger partial charge < -0.3 is 11.1 Å². The van der Waals surface area contributed by atoms with Crippen LogP contribution in [-0.4, -0.2) is 30.4 Å². The zero-order valence-electron chi connectivity index (χ0n) is 12.7. The maximum absolute atomic E-state index is 12.3. The topological polar surface area (TPSA) is 58.4 Å². The molecule has 3 N–H and O–H groups in total. The normalized spacial score (nSPS) is 17.1. The summed E-state index contributed by atoms with van der Waals surface area (Å²) in [4.78, 5) is 14.5. The van der Waals surface area contributed by atoms with Gasteiger partial charge in [-0.3, -0.25) is 9.69 Å². The molecule has 1 atom stereocenters. The van der Waals surface area contributed by atoms with Crippen molar-refractivity contribution in [3.63, 3.8) is 0 Å². The Kier molecular flexibility index (Phi) is 5.48. The van der Waals surface area contributed by atoms with Gasteiger partial charge in [-0.05, 0) is 50.9 Å². The summed E-state index contributed by atoms with van der Waals surface area (Å²) in [5.74, 6) is 0.672. The molecular weight excluding hydrogens is 286 g/mol. The summed E-state index contributed by atoms with van der Waals surface area (Å²) in [5, 5.41) is 3.43. The Hall–Kier alpha value is -1.26. The van der Waals surface area contributed by atoms with E-state index in [1.54, 1.807) is 18.2 Å². The number of nitrogens with one attached hydrogen (secondary N) is 1. The smallest absolute Gasteiger partial charge is 0.241 e. The molecule has 0 radical (unpaired) electrons. The molecule has 1 aliphatic carbocycles. The minimum absolute atomic E-state index is 0.0514. The molecule has 1 unspecified atom stereocenters. The van der Waals surface area contributed by atoms with E-state index in [0.29, 0.717) is 16.4 Å². The van der Waals surface area contributed by atoms with E-state index < -0.39 is 0 Å². The Labute approximate surface area is 131 Å². The molecule has 1 aromatic carbocycles. The summed E-state index contributed by atoms with van der Waals surface area (Å²) >= 11 is 5.94. The van der Waals surface area contributed by atoms with Crippen molar-refractivity contribution in [3.8, 4) is 0 Å². The molecule has 0 aromatic heterocycles. The van der Waals surface area contributed by atoms with Crippen molar-refractivity contribution < 1.29 is 4.79 Å². The van der Waals surface area contributed by atoms with Crippen molar-refractivity contribution in [1.29, 1.82) is 0 Å². The zero-order valence-corrected chi connectivity index (χ0v) is 13.5. The van der Waals surface area contributed by atoms with Crippen molar-refractivity contribution in [1.82, 2.24) is 4.90 Å². The standard InChI is InChI=1S/C16H24ClN3O/c1-11(20(2)10-12-5-3-4-6-12)16(21)19-15-9-13(17)7-8-14(15)18/h7-9,11-12H,3-6,10,18H2,1-2H3,(H,19,21). The van der Waals surface area contributed by atoms with Gasteiger partial charge in [0.05, 0.1) is 17.4 Å². The number of anilines is 2. The Balaban J connectivity index is 1.93. The van der Waals surface area contributed by atoms with Gasteiger partial charge in [0.15, 0.2) is 0 Å². The summed E-state index contributed by atoms with van der Waals surface area (Å²) < 4.78 is 0. The van der Waals surface area contributed by atoms with Crippen LogP contribution in [0.1, 0.15) is 32.6 Å². The first-order chi connectivity index (χ1) is 9.97. The molecular formula is C16H24ClN3O. The predicted octanol–water partition coefficient (Wildman–Crippen LogP) is 3.37. The number of halogens is 1. The number of carbonyl (C=O) groups excluding carboxylic acids is 1. The number of nitrogen functional groups attached to an aromatic ring is 1. The molecule has 1 amide bonds. The first kappa shape index (κ1) is 16.1. The number of benzene rings is 1. The molecule has 1 saturated carbocycles. The number of likely N-dealkylation sites (N-methyl/N-ethyl adjacent to an activating group) is 1. The van der Waals surface area contributed by atoms with E-state index in [2.05, 4.69) is 10.2 Å². The van der Waals surface area contributed by atoms with Crippen LogP contribution in [0.2, 0.25) is 5.02 Å². The van der Waals surface area contributed by atoms with Gasteiger partial charge in [0, 0.05) is 11.6 Å². The third-order valence-corrected chi connectivity index (χ3v) is 4.57. The van der Waals surface area contributed by atoms with E-state index in [4.69, 9.17) is 17.3 Å². The van der Waals surface area contributed by atoms with E-state index >= 15 is 0 Å². The molecule has 21 heavy (non-hydrogen) atoms.